The lowest BCUT2D eigenvalue weighted by Crippen LogP contribution is -2.10. The van der Waals surface area contributed by atoms with Gasteiger partial charge in [-0.15, -0.1) is 0 Å². The van der Waals surface area contributed by atoms with E-state index in [0.29, 0.717) is 17.7 Å². The van der Waals surface area contributed by atoms with Crippen molar-refractivity contribution >= 4 is 9.84 Å². The average Bonchev–Trinajstić information content (AvgIpc) is 2.40. The average molecular weight is 273 g/mol. The first-order valence-electron chi connectivity index (χ1n) is 5.47. The summed E-state index contributed by atoms with van der Waals surface area (Å²) in [4.78, 5) is 0.248. The second-order valence-electron chi connectivity index (χ2n) is 3.63. The predicted octanol–water partition coefficient (Wildman–Crippen LogP) is 1.67. The molecule has 0 spiro atoms. The van der Waals surface area contributed by atoms with E-state index in [-0.39, 0.29) is 23.8 Å². The van der Waals surface area contributed by atoms with E-state index in [1.165, 1.54) is 24.3 Å². The molecule has 0 radical (unpaired) electrons. The van der Waals surface area contributed by atoms with Gasteiger partial charge in [0.15, 0.2) is 9.84 Å². The highest BCUT2D eigenvalue weighted by Crippen LogP contribution is 2.17. The Morgan fingerprint density at radius 3 is 2.44 bits per heavy atom. The van der Waals surface area contributed by atoms with Crippen molar-refractivity contribution < 1.29 is 17.5 Å². The summed E-state index contributed by atoms with van der Waals surface area (Å²) in [7, 11) is -3.20. The molecule has 0 aliphatic heterocycles. The van der Waals surface area contributed by atoms with Crippen LogP contribution in [0.3, 0.4) is 0 Å². The fourth-order valence-electron chi connectivity index (χ4n) is 1.22. The molecule has 0 aromatic heterocycles. The van der Waals surface area contributed by atoms with Crippen molar-refractivity contribution in [3.63, 3.8) is 0 Å². The Labute approximate surface area is 106 Å². The van der Waals surface area contributed by atoms with Gasteiger partial charge >= 0.3 is 0 Å². The van der Waals surface area contributed by atoms with E-state index in [4.69, 9.17) is 10.5 Å². The zero-order chi connectivity index (χ0) is 13.6. The number of halogens is 1. The maximum Gasteiger partial charge on any atom is 0.178 e. The molecular weight excluding hydrogens is 257 g/mol. The van der Waals surface area contributed by atoms with Gasteiger partial charge in [0.25, 0.3) is 0 Å². The fraction of sp³-hybridized carbons (Fsp3) is 0.333. The smallest absolute Gasteiger partial charge is 0.178 e. The molecule has 0 aliphatic rings. The molecule has 6 heteroatoms. The number of nitrogens with two attached hydrogens (primary N) is 1. The van der Waals surface area contributed by atoms with Crippen LogP contribution in [0.15, 0.2) is 41.1 Å². The molecule has 18 heavy (non-hydrogen) atoms. The first kappa shape index (κ1) is 14.7. The first-order chi connectivity index (χ1) is 8.53. The monoisotopic (exact) mass is 273 g/mol. The Morgan fingerprint density at radius 2 is 2.00 bits per heavy atom. The van der Waals surface area contributed by atoms with Crippen LogP contribution < -0.4 is 10.5 Å². The summed E-state index contributed by atoms with van der Waals surface area (Å²) in [5, 5.41) is 0. The summed E-state index contributed by atoms with van der Waals surface area (Å²) in [6, 6.07) is 6.01. The number of hydrogen-bond acceptors (Lipinski definition) is 4. The van der Waals surface area contributed by atoms with Crippen LogP contribution in [0.2, 0.25) is 0 Å². The molecule has 0 unspecified atom stereocenters. The van der Waals surface area contributed by atoms with Crippen molar-refractivity contribution in [1.82, 2.24) is 0 Å². The molecule has 0 saturated heterocycles. The first-order valence-corrected chi connectivity index (χ1v) is 7.12. The third-order valence-corrected chi connectivity index (χ3v) is 4.15. The van der Waals surface area contributed by atoms with Gasteiger partial charge in [-0.3, -0.25) is 0 Å². The standard InChI is InChI=1S/C12H16FNO3S/c1-2-18(15,16)12-5-3-11(4-6-12)17-9-10(7-13)8-14/h3-7H,2,8-9,14H2,1H3/b10-7+. The van der Waals surface area contributed by atoms with Crippen molar-refractivity contribution in [1.29, 1.82) is 0 Å². The van der Waals surface area contributed by atoms with Gasteiger partial charge in [0.2, 0.25) is 0 Å². The maximum atomic E-state index is 12.2. The van der Waals surface area contributed by atoms with Crippen LogP contribution in [0.5, 0.6) is 5.75 Å². The van der Waals surface area contributed by atoms with Crippen LogP contribution in [-0.2, 0) is 9.84 Å². The van der Waals surface area contributed by atoms with Gasteiger partial charge in [-0.05, 0) is 24.3 Å². The lowest BCUT2D eigenvalue weighted by molar-refractivity contribution is 0.347. The zero-order valence-electron chi connectivity index (χ0n) is 10.1. The minimum Gasteiger partial charge on any atom is -0.489 e. The van der Waals surface area contributed by atoms with E-state index in [2.05, 4.69) is 0 Å². The summed E-state index contributed by atoms with van der Waals surface area (Å²) >= 11 is 0. The predicted molar refractivity (Wildman–Crippen MR) is 67.9 cm³/mol. The SMILES string of the molecule is CCS(=O)(=O)c1ccc(OC/C(=C/F)CN)cc1. The molecule has 1 rings (SSSR count). The minimum absolute atomic E-state index is 0.0485. The molecular formula is C12H16FNO3S. The molecule has 1 aromatic carbocycles. The van der Waals surface area contributed by atoms with Crippen molar-refractivity contribution in [3.05, 3.63) is 36.2 Å². The summed E-state index contributed by atoms with van der Waals surface area (Å²) in [6.07, 6.45) is 0.413. The van der Waals surface area contributed by atoms with E-state index in [9.17, 15) is 12.8 Å². The molecule has 0 saturated carbocycles. The van der Waals surface area contributed by atoms with Gasteiger partial charge in [-0.25, -0.2) is 12.8 Å². The molecule has 0 atom stereocenters. The highest BCUT2D eigenvalue weighted by molar-refractivity contribution is 7.91. The number of ether oxygens (including phenoxy) is 1. The lowest BCUT2D eigenvalue weighted by Gasteiger charge is -2.08. The van der Waals surface area contributed by atoms with Crippen molar-refractivity contribution in [2.24, 2.45) is 5.73 Å². The van der Waals surface area contributed by atoms with Gasteiger partial charge in [0.05, 0.1) is 17.0 Å². The number of sulfone groups is 1. The largest absolute Gasteiger partial charge is 0.489 e. The summed E-state index contributed by atoms with van der Waals surface area (Å²) in [5.41, 5.74) is 5.61. The molecule has 100 valence electrons. The molecule has 0 aliphatic carbocycles. The summed E-state index contributed by atoms with van der Waals surface area (Å²) in [6.45, 7) is 1.71. The number of rotatable bonds is 6. The van der Waals surface area contributed by atoms with E-state index in [0.717, 1.165) is 0 Å². The Hall–Kier alpha value is -1.40. The molecule has 1 aromatic rings. The van der Waals surface area contributed by atoms with Gasteiger partial charge in [-0.1, -0.05) is 6.92 Å². The number of hydrogen-bond donors (Lipinski definition) is 1. The Kier molecular flexibility index (Phi) is 5.30. The van der Waals surface area contributed by atoms with Gasteiger partial charge in [-0.2, -0.15) is 0 Å². The van der Waals surface area contributed by atoms with Crippen molar-refractivity contribution in [2.75, 3.05) is 18.9 Å². The third-order valence-electron chi connectivity index (χ3n) is 2.40. The van der Waals surface area contributed by atoms with Crippen LogP contribution in [0.1, 0.15) is 6.92 Å². The molecule has 0 amide bonds. The lowest BCUT2D eigenvalue weighted by atomic mass is 10.3. The third kappa shape index (κ3) is 3.82. The van der Waals surface area contributed by atoms with Crippen LogP contribution >= 0.6 is 0 Å². The van der Waals surface area contributed by atoms with E-state index < -0.39 is 9.84 Å². The van der Waals surface area contributed by atoms with Crippen LogP contribution in [0.25, 0.3) is 0 Å². The molecule has 0 bridgehead atoms. The van der Waals surface area contributed by atoms with E-state index >= 15 is 0 Å². The van der Waals surface area contributed by atoms with Gasteiger partial charge in [0.1, 0.15) is 12.4 Å². The molecule has 4 nitrogen and oxygen atoms in total. The second-order valence-corrected chi connectivity index (χ2v) is 5.91. The fourth-order valence-corrected chi connectivity index (χ4v) is 2.10. The molecule has 0 heterocycles. The normalized spacial score (nSPS) is 12.5. The van der Waals surface area contributed by atoms with Crippen molar-refractivity contribution in [3.8, 4) is 5.75 Å². The van der Waals surface area contributed by atoms with Crippen molar-refractivity contribution in [2.45, 2.75) is 11.8 Å². The van der Waals surface area contributed by atoms with Gasteiger partial charge < -0.3 is 10.5 Å². The Balaban J connectivity index is 2.73. The maximum absolute atomic E-state index is 12.2. The molecule has 0 fully saturated rings. The van der Waals surface area contributed by atoms with E-state index in [1.54, 1.807) is 6.92 Å². The second kappa shape index (κ2) is 6.51. The van der Waals surface area contributed by atoms with Gasteiger partial charge in [0, 0.05) is 12.1 Å². The quantitative estimate of drug-likeness (QED) is 0.856. The number of benzene rings is 1. The van der Waals surface area contributed by atoms with Crippen LogP contribution in [-0.4, -0.2) is 27.3 Å². The van der Waals surface area contributed by atoms with E-state index in [1.807, 2.05) is 0 Å². The highest BCUT2D eigenvalue weighted by atomic mass is 32.2. The van der Waals surface area contributed by atoms with Crippen LogP contribution in [0.4, 0.5) is 4.39 Å². The minimum atomic E-state index is -3.20. The summed E-state index contributed by atoms with van der Waals surface area (Å²) < 4.78 is 40.6. The topological polar surface area (TPSA) is 69.4 Å². The van der Waals surface area contributed by atoms with Crippen LogP contribution in [0, 0.1) is 0 Å². The highest BCUT2D eigenvalue weighted by Gasteiger charge is 2.10. The molecule has 2 N–H and O–H groups in total. The zero-order valence-corrected chi connectivity index (χ0v) is 10.9. The summed E-state index contributed by atoms with van der Waals surface area (Å²) in [5.74, 6) is 0.521. The Morgan fingerprint density at radius 1 is 1.39 bits per heavy atom. The Bertz CT molecular complexity index is 509.